The summed E-state index contributed by atoms with van der Waals surface area (Å²) in [5, 5.41) is 1.02. The van der Waals surface area contributed by atoms with Crippen LogP contribution >= 0.6 is 0 Å². The molecule has 0 spiro atoms. The molecule has 1 aliphatic heterocycles. The molecule has 2 heterocycles. The lowest BCUT2D eigenvalue weighted by atomic mass is 9.92. The Kier molecular flexibility index (Phi) is 3.84. The number of hydrogen-bond donors (Lipinski definition) is 1. The molecule has 5 heteroatoms. The van der Waals surface area contributed by atoms with Crippen molar-refractivity contribution in [3.05, 3.63) is 108 Å². The third kappa shape index (κ3) is 2.55. The molecule has 0 saturated heterocycles. The van der Waals surface area contributed by atoms with Gasteiger partial charge in [-0.05, 0) is 35.4 Å². The molecule has 28 heavy (non-hydrogen) atoms. The topological polar surface area (TPSA) is 53.2 Å². The molecular weight excluding hydrogens is 368 g/mol. The van der Waals surface area contributed by atoms with Crippen molar-refractivity contribution in [1.29, 1.82) is 0 Å². The van der Waals surface area contributed by atoms with Crippen molar-refractivity contribution in [2.75, 3.05) is 0 Å². The molecule has 5 rings (SSSR count). The van der Waals surface area contributed by atoms with Gasteiger partial charge < -0.3 is 4.98 Å². The van der Waals surface area contributed by atoms with Gasteiger partial charge in [-0.25, -0.2) is 8.42 Å². The lowest BCUT2D eigenvalue weighted by Gasteiger charge is -2.34. The first-order valence-corrected chi connectivity index (χ1v) is 10.5. The van der Waals surface area contributed by atoms with Crippen LogP contribution in [-0.4, -0.2) is 17.7 Å². The molecule has 3 aromatic carbocycles. The van der Waals surface area contributed by atoms with Gasteiger partial charge >= 0.3 is 0 Å². The monoisotopic (exact) mass is 386 g/mol. The van der Waals surface area contributed by atoms with E-state index in [0.717, 1.165) is 27.6 Å². The Labute approximate surface area is 163 Å². The van der Waals surface area contributed by atoms with Crippen molar-refractivity contribution in [2.45, 2.75) is 10.9 Å². The number of aromatic nitrogens is 1. The van der Waals surface area contributed by atoms with Crippen molar-refractivity contribution in [3.63, 3.8) is 0 Å². The highest BCUT2D eigenvalue weighted by Gasteiger charge is 2.35. The number of fused-ring (bicyclic) bond motifs is 2. The molecule has 0 saturated carbocycles. The van der Waals surface area contributed by atoms with Crippen LogP contribution in [-0.2, 0) is 10.0 Å². The van der Waals surface area contributed by atoms with Crippen LogP contribution in [0, 0.1) is 0 Å². The lowest BCUT2D eigenvalue weighted by molar-refractivity contribution is 0.448. The summed E-state index contributed by atoms with van der Waals surface area (Å²) in [5.74, 6) is 0. The fourth-order valence-corrected chi connectivity index (χ4v) is 5.32. The van der Waals surface area contributed by atoms with Crippen LogP contribution < -0.4 is 0 Å². The van der Waals surface area contributed by atoms with E-state index in [-0.39, 0.29) is 4.90 Å². The van der Waals surface area contributed by atoms with Crippen molar-refractivity contribution in [1.82, 2.24) is 9.29 Å². The Hall–Kier alpha value is -3.31. The summed E-state index contributed by atoms with van der Waals surface area (Å²) in [6, 6.07) is 24.0. The van der Waals surface area contributed by atoms with E-state index in [0.29, 0.717) is 0 Å². The summed E-state index contributed by atoms with van der Waals surface area (Å²) in [5.41, 5.74) is 3.92. The van der Waals surface area contributed by atoms with E-state index < -0.39 is 16.1 Å². The van der Waals surface area contributed by atoms with Crippen LogP contribution in [0.15, 0.2) is 96.2 Å². The molecule has 1 aromatic heterocycles. The first kappa shape index (κ1) is 16.8. The van der Waals surface area contributed by atoms with Gasteiger partial charge in [-0.1, -0.05) is 60.7 Å². The van der Waals surface area contributed by atoms with Crippen LogP contribution in [0.4, 0.5) is 0 Å². The highest BCUT2D eigenvalue weighted by Crippen LogP contribution is 2.41. The number of para-hydroxylation sites is 1. The quantitative estimate of drug-likeness (QED) is 0.543. The van der Waals surface area contributed by atoms with E-state index in [2.05, 4.69) is 4.98 Å². The van der Waals surface area contributed by atoms with E-state index in [1.54, 1.807) is 30.5 Å². The van der Waals surface area contributed by atoms with Crippen molar-refractivity contribution < 1.29 is 8.42 Å². The molecule has 1 atom stereocenters. The van der Waals surface area contributed by atoms with Crippen LogP contribution in [0.1, 0.15) is 22.7 Å². The Morgan fingerprint density at radius 3 is 2.36 bits per heavy atom. The van der Waals surface area contributed by atoms with Gasteiger partial charge in [0, 0.05) is 28.9 Å². The number of nitrogens with zero attached hydrogens (tertiary/aromatic N) is 1. The average molecular weight is 386 g/mol. The maximum absolute atomic E-state index is 13.5. The maximum atomic E-state index is 13.5. The smallest absolute Gasteiger partial charge is 0.264 e. The third-order valence-electron chi connectivity index (χ3n) is 5.18. The predicted molar refractivity (Wildman–Crippen MR) is 111 cm³/mol. The molecule has 0 amide bonds. The number of H-pyrrole nitrogens is 1. The van der Waals surface area contributed by atoms with Gasteiger partial charge in [-0.3, -0.25) is 4.31 Å². The van der Waals surface area contributed by atoms with Crippen LogP contribution in [0.25, 0.3) is 17.0 Å². The molecule has 138 valence electrons. The molecule has 1 aliphatic rings. The van der Waals surface area contributed by atoms with Gasteiger partial charge in [0.05, 0.1) is 10.9 Å². The fraction of sp³-hybridized carbons (Fsp3) is 0.0435. The minimum Gasteiger partial charge on any atom is -0.361 e. The number of nitrogens with one attached hydrogen (secondary N) is 1. The van der Waals surface area contributed by atoms with Crippen molar-refractivity contribution in [2.24, 2.45) is 0 Å². The first-order chi connectivity index (χ1) is 13.7. The molecule has 0 unspecified atom stereocenters. The fourth-order valence-electron chi connectivity index (χ4n) is 3.85. The SMILES string of the molecule is O=S(=O)(c1ccccc1)N1C=Cc2ccccc2[C@H]1c1c[nH]c2ccccc12. The number of rotatable bonds is 3. The molecular formula is C23H18N2O2S. The minimum atomic E-state index is -3.72. The normalized spacial score (nSPS) is 16.3. The Bertz CT molecular complexity index is 1290. The second-order valence-corrected chi connectivity index (χ2v) is 8.63. The Morgan fingerprint density at radius 1 is 0.786 bits per heavy atom. The number of benzene rings is 3. The predicted octanol–water partition coefficient (Wildman–Crippen LogP) is 4.93. The summed E-state index contributed by atoms with van der Waals surface area (Å²) in [6.07, 6.45) is 5.46. The van der Waals surface area contributed by atoms with Gasteiger partial charge in [0.15, 0.2) is 0 Å². The number of hydrogen-bond acceptors (Lipinski definition) is 2. The minimum absolute atomic E-state index is 0.281. The lowest BCUT2D eigenvalue weighted by Crippen LogP contribution is -2.33. The second kappa shape index (κ2) is 6.39. The molecule has 0 fully saturated rings. The molecule has 4 aromatic rings. The van der Waals surface area contributed by atoms with Crippen LogP contribution in [0.3, 0.4) is 0 Å². The zero-order chi connectivity index (χ0) is 19.1. The number of sulfonamides is 1. The van der Waals surface area contributed by atoms with E-state index in [9.17, 15) is 8.42 Å². The van der Waals surface area contributed by atoms with Crippen LogP contribution in [0.5, 0.6) is 0 Å². The zero-order valence-corrected chi connectivity index (χ0v) is 15.8. The van der Waals surface area contributed by atoms with Gasteiger partial charge in [0.2, 0.25) is 0 Å². The van der Waals surface area contributed by atoms with Crippen molar-refractivity contribution >= 4 is 27.0 Å². The number of aromatic amines is 1. The third-order valence-corrected chi connectivity index (χ3v) is 6.94. The zero-order valence-electron chi connectivity index (χ0n) is 15.0. The van der Waals surface area contributed by atoms with Gasteiger partial charge in [-0.2, -0.15) is 0 Å². The first-order valence-electron chi connectivity index (χ1n) is 9.08. The van der Waals surface area contributed by atoms with Gasteiger partial charge in [0.25, 0.3) is 10.0 Å². The van der Waals surface area contributed by atoms with Crippen molar-refractivity contribution in [3.8, 4) is 0 Å². The van der Waals surface area contributed by atoms with Gasteiger partial charge in [0.1, 0.15) is 0 Å². The summed E-state index contributed by atoms with van der Waals surface area (Å²) < 4.78 is 28.5. The van der Waals surface area contributed by atoms with E-state index in [1.807, 2.05) is 66.9 Å². The standard InChI is InChI=1S/C23H18N2O2S/c26-28(27,18-9-2-1-3-10-18)25-15-14-17-8-4-5-11-19(17)23(25)21-16-24-22-13-7-6-12-20(21)22/h1-16,23-24H/t23-/m0/s1. The molecule has 4 nitrogen and oxygen atoms in total. The molecule has 0 aliphatic carbocycles. The molecule has 0 bridgehead atoms. The molecule has 1 N–H and O–H groups in total. The van der Waals surface area contributed by atoms with E-state index in [1.165, 1.54) is 4.31 Å². The Balaban J connectivity index is 1.75. The highest BCUT2D eigenvalue weighted by molar-refractivity contribution is 7.89. The molecule has 0 radical (unpaired) electrons. The maximum Gasteiger partial charge on any atom is 0.264 e. The average Bonchev–Trinajstić information content (AvgIpc) is 3.17. The summed E-state index contributed by atoms with van der Waals surface area (Å²) >= 11 is 0. The van der Waals surface area contributed by atoms with Gasteiger partial charge in [-0.15, -0.1) is 0 Å². The summed E-state index contributed by atoms with van der Waals surface area (Å²) in [7, 11) is -3.72. The largest absolute Gasteiger partial charge is 0.361 e. The second-order valence-electron chi connectivity index (χ2n) is 6.78. The van der Waals surface area contributed by atoms with E-state index in [4.69, 9.17) is 0 Å². The van der Waals surface area contributed by atoms with E-state index >= 15 is 0 Å². The Morgan fingerprint density at radius 2 is 1.50 bits per heavy atom. The summed E-state index contributed by atoms with van der Waals surface area (Å²) in [4.78, 5) is 3.56. The summed E-state index contributed by atoms with van der Waals surface area (Å²) in [6.45, 7) is 0. The van der Waals surface area contributed by atoms with Crippen LogP contribution in [0.2, 0.25) is 0 Å². The highest BCUT2D eigenvalue weighted by atomic mass is 32.2.